The predicted molar refractivity (Wildman–Crippen MR) is 90.9 cm³/mol. The Bertz CT molecular complexity index is 641. The summed E-state index contributed by atoms with van der Waals surface area (Å²) in [5, 5.41) is 7.98. The molecule has 0 unspecified atom stereocenters. The smallest absolute Gasteiger partial charge is 0.410 e. The Hall–Kier alpha value is -1.83. The van der Waals surface area contributed by atoms with Gasteiger partial charge in [0.2, 0.25) is 5.95 Å². The topological polar surface area (TPSA) is 97.5 Å². The molecule has 24 heavy (non-hydrogen) atoms. The van der Waals surface area contributed by atoms with Crippen LogP contribution in [0.25, 0.3) is 0 Å². The first-order chi connectivity index (χ1) is 11.2. The van der Waals surface area contributed by atoms with Crippen LogP contribution in [0, 0.1) is 5.41 Å². The molecule has 1 aromatic heterocycles. The second-order valence-electron chi connectivity index (χ2n) is 7.65. The number of ether oxygens (including phenoxy) is 1. The lowest BCUT2D eigenvalue weighted by Gasteiger charge is -2.54. The fraction of sp³-hybridized carbons (Fsp3) is 0.733. The predicted octanol–water partition coefficient (Wildman–Crippen LogP) is 1.94. The summed E-state index contributed by atoms with van der Waals surface area (Å²) < 4.78 is 5.42. The van der Waals surface area contributed by atoms with Crippen molar-refractivity contribution in [3.8, 4) is 0 Å². The number of hydrogen-bond donors (Lipinski definition) is 1. The van der Waals surface area contributed by atoms with E-state index in [0.29, 0.717) is 19.0 Å². The van der Waals surface area contributed by atoms with Gasteiger partial charge in [-0.15, -0.1) is 10.2 Å². The van der Waals surface area contributed by atoms with Gasteiger partial charge in [0.25, 0.3) is 0 Å². The first-order valence-electron chi connectivity index (χ1n) is 8.06. The second-order valence-corrected chi connectivity index (χ2v) is 8.01. The standard InChI is InChI=1S/C15H23ClN6O2/c1-14(2,3)24-13(23)22-8-15(9-22)5-4-6-21(7-15)12-18-11(17)10(16)19-20-12/h4-9H2,1-3H3,(H2,17,18,20). The van der Waals surface area contributed by atoms with E-state index in [1.165, 1.54) is 0 Å². The van der Waals surface area contributed by atoms with Crippen molar-refractivity contribution in [2.75, 3.05) is 36.8 Å². The molecule has 9 heteroatoms. The highest BCUT2D eigenvalue weighted by Gasteiger charge is 2.49. The van der Waals surface area contributed by atoms with E-state index in [0.717, 1.165) is 25.9 Å². The monoisotopic (exact) mass is 354 g/mol. The summed E-state index contributed by atoms with van der Waals surface area (Å²) in [6.45, 7) is 8.62. The average Bonchev–Trinajstić information content (AvgIpc) is 2.46. The molecule has 0 aliphatic carbocycles. The first-order valence-corrected chi connectivity index (χ1v) is 8.44. The minimum atomic E-state index is -0.473. The summed E-state index contributed by atoms with van der Waals surface area (Å²) in [4.78, 5) is 20.2. The lowest BCUT2D eigenvalue weighted by molar-refractivity contribution is -0.0391. The number of carbonyl (C=O) groups excluding carboxylic acids is 1. The Morgan fingerprint density at radius 2 is 2.00 bits per heavy atom. The second kappa shape index (κ2) is 5.91. The van der Waals surface area contributed by atoms with E-state index in [4.69, 9.17) is 22.1 Å². The molecular formula is C15H23ClN6O2. The number of carbonyl (C=O) groups is 1. The van der Waals surface area contributed by atoms with Crippen molar-refractivity contribution in [1.82, 2.24) is 20.1 Å². The van der Waals surface area contributed by atoms with Crippen LogP contribution in [0.4, 0.5) is 16.6 Å². The molecule has 2 saturated heterocycles. The van der Waals surface area contributed by atoms with Gasteiger partial charge in [-0.25, -0.2) is 4.79 Å². The number of nitrogens with two attached hydrogens (primary N) is 1. The molecule has 132 valence electrons. The van der Waals surface area contributed by atoms with Gasteiger partial charge in [-0.1, -0.05) is 11.6 Å². The molecule has 2 aliphatic heterocycles. The van der Waals surface area contributed by atoms with Gasteiger partial charge in [-0.05, 0) is 33.6 Å². The van der Waals surface area contributed by atoms with Crippen molar-refractivity contribution in [2.24, 2.45) is 5.41 Å². The number of likely N-dealkylation sites (tertiary alicyclic amines) is 1. The molecule has 2 N–H and O–H groups in total. The van der Waals surface area contributed by atoms with Crippen molar-refractivity contribution in [3.63, 3.8) is 0 Å². The van der Waals surface area contributed by atoms with Crippen LogP contribution in [0.3, 0.4) is 0 Å². The zero-order valence-corrected chi connectivity index (χ0v) is 15.0. The normalized spacial score (nSPS) is 20.0. The molecule has 0 atom stereocenters. The molecule has 0 aromatic carbocycles. The SMILES string of the molecule is CC(C)(C)OC(=O)N1CC2(CCCN(c3nnc(Cl)c(N)n3)C2)C1. The Morgan fingerprint density at radius 1 is 1.29 bits per heavy atom. The minimum Gasteiger partial charge on any atom is -0.444 e. The number of aromatic nitrogens is 3. The molecule has 0 bridgehead atoms. The van der Waals surface area contributed by atoms with Crippen LogP contribution in [0.2, 0.25) is 5.15 Å². The summed E-state index contributed by atoms with van der Waals surface area (Å²) in [7, 11) is 0. The van der Waals surface area contributed by atoms with Gasteiger partial charge < -0.3 is 20.3 Å². The summed E-state index contributed by atoms with van der Waals surface area (Å²) in [5.74, 6) is 0.678. The van der Waals surface area contributed by atoms with E-state index in [1.54, 1.807) is 4.90 Å². The van der Waals surface area contributed by atoms with Crippen LogP contribution in [0.1, 0.15) is 33.6 Å². The van der Waals surface area contributed by atoms with Gasteiger partial charge in [0.15, 0.2) is 11.0 Å². The molecule has 8 nitrogen and oxygen atoms in total. The lowest BCUT2D eigenvalue weighted by atomic mass is 9.73. The maximum absolute atomic E-state index is 12.1. The minimum absolute atomic E-state index is 0.0624. The number of halogens is 1. The number of anilines is 2. The van der Waals surface area contributed by atoms with Gasteiger partial charge in [0, 0.05) is 31.6 Å². The summed E-state index contributed by atoms with van der Waals surface area (Å²) in [6, 6.07) is 0. The molecule has 3 rings (SSSR count). The lowest BCUT2D eigenvalue weighted by Crippen LogP contribution is -2.65. The molecule has 1 spiro atoms. The van der Waals surface area contributed by atoms with Gasteiger partial charge in [-0.3, -0.25) is 0 Å². The zero-order chi connectivity index (χ0) is 17.5. The van der Waals surface area contributed by atoms with E-state index in [-0.39, 0.29) is 22.5 Å². The molecule has 3 heterocycles. The van der Waals surface area contributed by atoms with Gasteiger partial charge >= 0.3 is 6.09 Å². The first kappa shape index (κ1) is 17.0. The van der Waals surface area contributed by atoms with Crippen molar-refractivity contribution in [2.45, 2.75) is 39.2 Å². The van der Waals surface area contributed by atoms with Crippen molar-refractivity contribution in [3.05, 3.63) is 5.15 Å². The number of rotatable bonds is 1. The maximum atomic E-state index is 12.1. The highest BCUT2D eigenvalue weighted by atomic mass is 35.5. The van der Waals surface area contributed by atoms with E-state index < -0.39 is 5.60 Å². The molecule has 0 radical (unpaired) electrons. The number of nitrogens with zero attached hydrogens (tertiary/aromatic N) is 5. The van der Waals surface area contributed by atoms with Gasteiger partial charge in [-0.2, -0.15) is 4.98 Å². The zero-order valence-electron chi connectivity index (χ0n) is 14.3. The molecule has 1 aromatic rings. The van der Waals surface area contributed by atoms with Crippen LogP contribution < -0.4 is 10.6 Å². The van der Waals surface area contributed by atoms with E-state index in [2.05, 4.69) is 20.1 Å². The van der Waals surface area contributed by atoms with Crippen LogP contribution in [-0.4, -0.2) is 58.0 Å². The number of hydrogen-bond acceptors (Lipinski definition) is 7. The van der Waals surface area contributed by atoms with Crippen LogP contribution >= 0.6 is 11.6 Å². The van der Waals surface area contributed by atoms with Crippen molar-refractivity contribution in [1.29, 1.82) is 0 Å². The fourth-order valence-corrected chi connectivity index (χ4v) is 3.39. The third-order valence-electron chi connectivity index (χ3n) is 4.31. The van der Waals surface area contributed by atoms with Gasteiger partial charge in [0.05, 0.1) is 0 Å². The largest absolute Gasteiger partial charge is 0.444 e. The average molecular weight is 355 g/mol. The summed E-state index contributed by atoms with van der Waals surface area (Å²) in [6.07, 6.45) is 1.83. The number of nitrogen functional groups attached to an aromatic ring is 1. The van der Waals surface area contributed by atoms with E-state index in [9.17, 15) is 4.79 Å². The van der Waals surface area contributed by atoms with E-state index >= 15 is 0 Å². The van der Waals surface area contributed by atoms with Crippen molar-refractivity contribution >= 4 is 29.5 Å². The molecule has 2 aliphatic rings. The Morgan fingerprint density at radius 3 is 2.62 bits per heavy atom. The third kappa shape index (κ3) is 3.48. The molecule has 1 amide bonds. The van der Waals surface area contributed by atoms with Gasteiger partial charge in [0.1, 0.15) is 5.60 Å². The molecule has 2 fully saturated rings. The Labute approximate surface area is 146 Å². The molecule has 0 saturated carbocycles. The quantitative estimate of drug-likeness (QED) is 0.822. The maximum Gasteiger partial charge on any atom is 0.410 e. The summed E-state index contributed by atoms with van der Waals surface area (Å²) in [5.41, 5.74) is 5.31. The fourth-order valence-electron chi connectivity index (χ4n) is 3.31. The number of amides is 1. The third-order valence-corrected chi connectivity index (χ3v) is 4.58. The number of piperidine rings is 1. The van der Waals surface area contributed by atoms with Crippen LogP contribution in [-0.2, 0) is 4.74 Å². The van der Waals surface area contributed by atoms with E-state index in [1.807, 2.05) is 20.8 Å². The van der Waals surface area contributed by atoms with Crippen molar-refractivity contribution < 1.29 is 9.53 Å². The van der Waals surface area contributed by atoms with Crippen LogP contribution in [0.15, 0.2) is 0 Å². The highest BCUT2D eigenvalue weighted by Crippen LogP contribution is 2.40. The summed E-state index contributed by atoms with van der Waals surface area (Å²) >= 11 is 5.78. The Kier molecular flexibility index (Phi) is 4.19. The Balaban J connectivity index is 1.63. The molecular weight excluding hydrogens is 332 g/mol. The highest BCUT2D eigenvalue weighted by molar-refractivity contribution is 6.31. The van der Waals surface area contributed by atoms with Crippen LogP contribution in [0.5, 0.6) is 0 Å².